The van der Waals surface area contributed by atoms with Crippen LogP contribution in [0.15, 0.2) is 23.1 Å². The minimum atomic E-state index is -3.71. The second kappa shape index (κ2) is 8.93. The third-order valence-electron chi connectivity index (χ3n) is 5.67. The van der Waals surface area contributed by atoms with E-state index in [0.717, 1.165) is 12.8 Å². The Bertz CT molecular complexity index is 907. The summed E-state index contributed by atoms with van der Waals surface area (Å²) in [6.45, 7) is 8.53. The van der Waals surface area contributed by atoms with E-state index in [-0.39, 0.29) is 47.7 Å². The molecule has 2 aliphatic rings. The maximum Gasteiger partial charge on any atom is 0.265 e. The first-order chi connectivity index (χ1) is 14.1. The van der Waals surface area contributed by atoms with Gasteiger partial charge in [0.2, 0.25) is 15.9 Å². The molecular weight excluding hydrogens is 406 g/mol. The van der Waals surface area contributed by atoms with E-state index in [4.69, 9.17) is 4.74 Å². The van der Waals surface area contributed by atoms with Crippen molar-refractivity contribution in [3.05, 3.63) is 18.2 Å². The summed E-state index contributed by atoms with van der Waals surface area (Å²) >= 11 is 0. The maximum atomic E-state index is 13.3. The van der Waals surface area contributed by atoms with Gasteiger partial charge in [0, 0.05) is 19.1 Å². The van der Waals surface area contributed by atoms with E-state index in [1.54, 1.807) is 6.07 Å². The van der Waals surface area contributed by atoms with Gasteiger partial charge in [0.05, 0.1) is 10.6 Å². The van der Waals surface area contributed by atoms with Crippen molar-refractivity contribution >= 4 is 27.5 Å². The number of carbonyl (C=O) groups excluding carboxylic acids is 2. The number of ether oxygens (including phenoxy) is 1. The lowest BCUT2D eigenvalue weighted by Crippen LogP contribution is -2.47. The summed E-state index contributed by atoms with van der Waals surface area (Å²) in [5.74, 6) is 0.290. The molecular formula is C21H31N3O5S. The molecule has 0 aromatic heterocycles. The average molecular weight is 438 g/mol. The van der Waals surface area contributed by atoms with Crippen LogP contribution in [0.3, 0.4) is 0 Å². The van der Waals surface area contributed by atoms with Gasteiger partial charge in [0.1, 0.15) is 12.3 Å². The van der Waals surface area contributed by atoms with Gasteiger partial charge in [-0.1, -0.05) is 20.8 Å². The van der Waals surface area contributed by atoms with Crippen LogP contribution in [0.2, 0.25) is 0 Å². The van der Waals surface area contributed by atoms with Crippen LogP contribution in [0.25, 0.3) is 0 Å². The Morgan fingerprint density at radius 2 is 1.93 bits per heavy atom. The molecule has 166 valence electrons. The van der Waals surface area contributed by atoms with E-state index in [1.165, 1.54) is 21.3 Å². The van der Waals surface area contributed by atoms with Gasteiger partial charge in [-0.25, -0.2) is 8.42 Å². The number of nitrogens with zero attached hydrogens (tertiary/aromatic N) is 2. The van der Waals surface area contributed by atoms with Crippen molar-refractivity contribution in [2.24, 2.45) is 11.8 Å². The van der Waals surface area contributed by atoms with E-state index in [1.807, 2.05) is 13.8 Å². The van der Waals surface area contributed by atoms with Crippen molar-refractivity contribution in [3.63, 3.8) is 0 Å². The number of nitrogens with one attached hydrogen (secondary N) is 1. The fourth-order valence-electron chi connectivity index (χ4n) is 4.03. The molecule has 1 aromatic rings. The zero-order valence-electron chi connectivity index (χ0n) is 18.1. The second-order valence-corrected chi connectivity index (χ2v) is 10.5. The number of benzene rings is 1. The van der Waals surface area contributed by atoms with Crippen molar-refractivity contribution in [1.29, 1.82) is 0 Å². The van der Waals surface area contributed by atoms with Gasteiger partial charge in [0.15, 0.2) is 6.61 Å². The smallest absolute Gasteiger partial charge is 0.265 e. The van der Waals surface area contributed by atoms with Crippen molar-refractivity contribution in [3.8, 4) is 5.75 Å². The largest absolute Gasteiger partial charge is 0.482 e. The standard InChI is InChI=1S/C21H31N3O5S/c1-5-16(4)22-20(25)12-24-18-9-17(6-7-19(18)29-13-21(24)26)30(27,28)23-10-14(2)8-15(3)11-23/h6-7,9,14-16H,5,8,10-13H2,1-4H3,(H,22,25)/t14-,15+,16-/m0/s1. The highest BCUT2D eigenvalue weighted by Crippen LogP contribution is 2.36. The van der Waals surface area contributed by atoms with Crippen LogP contribution in [0, 0.1) is 11.8 Å². The molecule has 2 aliphatic heterocycles. The molecule has 0 aliphatic carbocycles. The number of hydrogen-bond acceptors (Lipinski definition) is 5. The Morgan fingerprint density at radius 3 is 2.57 bits per heavy atom. The number of rotatable bonds is 6. The summed E-state index contributed by atoms with van der Waals surface area (Å²) in [5, 5.41) is 2.83. The fourth-order valence-corrected chi connectivity index (χ4v) is 5.73. The summed E-state index contributed by atoms with van der Waals surface area (Å²) < 4.78 is 33.5. The predicted molar refractivity (Wildman–Crippen MR) is 114 cm³/mol. The predicted octanol–water partition coefficient (Wildman–Crippen LogP) is 1.99. The fraction of sp³-hybridized carbons (Fsp3) is 0.619. The topological polar surface area (TPSA) is 96.0 Å². The molecule has 0 spiro atoms. The third-order valence-corrected chi connectivity index (χ3v) is 7.50. The molecule has 3 rings (SSSR count). The van der Waals surface area contributed by atoms with Crippen LogP contribution in [-0.4, -0.2) is 56.8 Å². The zero-order valence-corrected chi connectivity index (χ0v) is 18.9. The molecule has 0 bridgehead atoms. The molecule has 0 unspecified atom stereocenters. The Morgan fingerprint density at radius 1 is 1.27 bits per heavy atom. The van der Waals surface area contributed by atoms with Crippen molar-refractivity contribution in [1.82, 2.24) is 9.62 Å². The molecule has 0 radical (unpaired) electrons. The number of carbonyl (C=O) groups is 2. The first-order valence-corrected chi connectivity index (χ1v) is 11.9. The van der Waals surface area contributed by atoms with Crippen molar-refractivity contribution < 1.29 is 22.7 Å². The van der Waals surface area contributed by atoms with Gasteiger partial charge in [-0.05, 0) is 49.8 Å². The van der Waals surface area contributed by atoms with E-state index < -0.39 is 10.0 Å². The monoisotopic (exact) mass is 437 g/mol. The Hall–Kier alpha value is -2.13. The van der Waals surface area contributed by atoms with Gasteiger partial charge < -0.3 is 10.1 Å². The van der Waals surface area contributed by atoms with E-state index in [2.05, 4.69) is 19.2 Å². The molecule has 2 heterocycles. The molecule has 1 N–H and O–H groups in total. The molecule has 2 amide bonds. The van der Waals surface area contributed by atoms with Gasteiger partial charge in [-0.2, -0.15) is 4.31 Å². The first-order valence-electron chi connectivity index (χ1n) is 10.5. The van der Waals surface area contributed by atoms with Crippen molar-refractivity contribution in [2.75, 3.05) is 31.1 Å². The molecule has 3 atom stereocenters. The lowest BCUT2D eigenvalue weighted by atomic mass is 9.94. The summed E-state index contributed by atoms with van der Waals surface area (Å²) in [4.78, 5) is 26.2. The normalized spacial score (nSPS) is 23.5. The summed E-state index contributed by atoms with van der Waals surface area (Å²) in [6.07, 6.45) is 1.77. The number of amides is 2. The number of piperidine rings is 1. The highest BCUT2D eigenvalue weighted by Gasteiger charge is 2.34. The number of anilines is 1. The SMILES string of the molecule is CC[C@H](C)NC(=O)CN1C(=O)COc2ccc(S(=O)(=O)N3C[C@H](C)C[C@H](C)C3)cc21. The van der Waals surface area contributed by atoms with Crippen LogP contribution in [-0.2, 0) is 19.6 Å². The van der Waals surface area contributed by atoms with Gasteiger partial charge in [-0.15, -0.1) is 0 Å². The second-order valence-electron chi connectivity index (χ2n) is 8.54. The Labute approximate surface area is 178 Å². The summed E-state index contributed by atoms with van der Waals surface area (Å²) in [7, 11) is -3.71. The summed E-state index contributed by atoms with van der Waals surface area (Å²) in [6, 6.07) is 4.50. The van der Waals surface area contributed by atoms with Gasteiger partial charge >= 0.3 is 0 Å². The van der Waals surface area contributed by atoms with E-state index >= 15 is 0 Å². The zero-order chi connectivity index (χ0) is 22.1. The van der Waals surface area contributed by atoms with Crippen LogP contribution in [0.4, 0.5) is 5.69 Å². The highest BCUT2D eigenvalue weighted by molar-refractivity contribution is 7.89. The minimum absolute atomic E-state index is 0.0112. The number of sulfonamides is 1. The van der Waals surface area contributed by atoms with Crippen LogP contribution in [0.1, 0.15) is 40.5 Å². The first kappa shape index (κ1) is 22.6. The molecule has 0 saturated carbocycles. The minimum Gasteiger partial charge on any atom is -0.482 e. The molecule has 1 saturated heterocycles. The molecule has 9 heteroatoms. The van der Waals surface area contributed by atoms with E-state index in [0.29, 0.717) is 24.5 Å². The van der Waals surface area contributed by atoms with E-state index in [9.17, 15) is 18.0 Å². The molecule has 30 heavy (non-hydrogen) atoms. The van der Waals surface area contributed by atoms with Gasteiger partial charge in [0.25, 0.3) is 5.91 Å². The quantitative estimate of drug-likeness (QED) is 0.734. The van der Waals surface area contributed by atoms with Crippen LogP contribution >= 0.6 is 0 Å². The van der Waals surface area contributed by atoms with Gasteiger partial charge in [-0.3, -0.25) is 14.5 Å². The molecule has 8 nitrogen and oxygen atoms in total. The van der Waals surface area contributed by atoms with Crippen LogP contribution < -0.4 is 15.0 Å². The summed E-state index contributed by atoms with van der Waals surface area (Å²) in [5.41, 5.74) is 0.310. The maximum absolute atomic E-state index is 13.3. The van der Waals surface area contributed by atoms with Crippen molar-refractivity contribution in [2.45, 2.75) is 51.5 Å². The van der Waals surface area contributed by atoms with Crippen LogP contribution in [0.5, 0.6) is 5.75 Å². The molecule has 1 aromatic carbocycles. The Kier molecular flexibility index (Phi) is 6.71. The Balaban J connectivity index is 1.89. The molecule has 1 fully saturated rings. The number of hydrogen-bond donors (Lipinski definition) is 1. The lowest BCUT2D eigenvalue weighted by molar-refractivity contribution is -0.125. The number of fused-ring (bicyclic) bond motifs is 1. The third kappa shape index (κ3) is 4.78. The lowest BCUT2D eigenvalue weighted by Gasteiger charge is -2.34. The highest BCUT2D eigenvalue weighted by atomic mass is 32.2. The average Bonchev–Trinajstić information content (AvgIpc) is 2.68.